The number of hydrogen-bond acceptors (Lipinski definition) is 3. The maximum absolute atomic E-state index is 10.6. The number of carboxylic acids is 1. The van der Waals surface area contributed by atoms with Crippen LogP contribution in [0.2, 0.25) is 0 Å². The van der Waals surface area contributed by atoms with Gasteiger partial charge in [0, 0.05) is 31.1 Å². The van der Waals surface area contributed by atoms with Crippen LogP contribution in [0.4, 0.5) is 0 Å². The van der Waals surface area contributed by atoms with Crippen LogP contribution in [-0.4, -0.2) is 22.8 Å². The van der Waals surface area contributed by atoms with Gasteiger partial charge in [-0.3, -0.25) is 4.79 Å². The zero-order chi connectivity index (χ0) is 14.0. The smallest absolute Gasteiger partial charge is 0.303 e. The summed E-state index contributed by atoms with van der Waals surface area (Å²) in [7, 11) is 3.56. The fourth-order valence-electron chi connectivity index (χ4n) is 2.36. The van der Waals surface area contributed by atoms with Crippen LogP contribution >= 0.6 is 0 Å². The molecule has 0 fully saturated rings. The van der Waals surface area contributed by atoms with E-state index in [2.05, 4.69) is 0 Å². The van der Waals surface area contributed by atoms with Crippen molar-refractivity contribution in [1.29, 1.82) is 0 Å². The standard InChI is InChI=1S/C14H18N2O3/c1-16-8-10(11(15)6-7-13(17)18)9-4-3-5-12(19-2)14(9)16/h3-5,8,11H,6-7,15H2,1-2H3,(H,17,18). The van der Waals surface area contributed by atoms with Gasteiger partial charge in [-0.25, -0.2) is 0 Å². The molecule has 0 aliphatic rings. The maximum Gasteiger partial charge on any atom is 0.303 e. The summed E-state index contributed by atoms with van der Waals surface area (Å²) in [6.07, 6.45) is 2.44. The molecule has 1 unspecified atom stereocenters. The molecule has 1 aromatic heterocycles. The molecule has 0 saturated heterocycles. The van der Waals surface area contributed by atoms with Crippen LogP contribution in [0, 0.1) is 0 Å². The summed E-state index contributed by atoms with van der Waals surface area (Å²) in [6.45, 7) is 0. The first kappa shape index (κ1) is 13.4. The Morgan fingerprint density at radius 2 is 2.26 bits per heavy atom. The zero-order valence-electron chi connectivity index (χ0n) is 11.1. The van der Waals surface area contributed by atoms with Gasteiger partial charge in [0.2, 0.25) is 0 Å². The Balaban J connectivity index is 2.42. The van der Waals surface area contributed by atoms with Gasteiger partial charge in [-0.05, 0) is 18.1 Å². The minimum absolute atomic E-state index is 0.0710. The minimum Gasteiger partial charge on any atom is -0.495 e. The number of benzene rings is 1. The summed E-state index contributed by atoms with van der Waals surface area (Å²) in [5.41, 5.74) is 8.03. The number of nitrogens with zero attached hydrogens (tertiary/aromatic N) is 1. The molecule has 1 aromatic carbocycles. The third kappa shape index (κ3) is 2.56. The van der Waals surface area contributed by atoms with Gasteiger partial charge in [0.25, 0.3) is 0 Å². The highest BCUT2D eigenvalue weighted by Gasteiger charge is 2.16. The molecule has 0 aliphatic carbocycles. The molecular weight excluding hydrogens is 244 g/mol. The van der Waals surface area contributed by atoms with Gasteiger partial charge in [-0.1, -0.05) is 12.1 Å². The molecule has 1 atom stereocenters. The highest BCUT2D eigenvalue weighted by atomic mass is 16.5. The van der Waals surface area contributed by atoms with E-state index in [1.54, 1.807) is 7.11 Å². The van der Waals surface area contributed by atoms with Crippen molar-refractivity contribution in [3.8, 4) is 5.75 Å². The number of ether oxygens (including phenoxy) is 1. The summed E-state index contributed by atoms with van der Waals surface area (Å²) < 4.78 is 7.31. The fraction of sp³-hybridized carbons (Fsp3) is 0.357. The number of carbonyl (C=O) groups is 1. The molecule has 0 spiro atoms. The number of methoxy groups -OCH3 is 1. The Bertz CT molecular complexity index is 604. The van der Waals surface area contributed by atoms with Crippen LogP contribution in [0.3, 0.4) is 0 Å². The van der Waals surface area contributed by atoms with Gasteiger partial charge in [-0.2, -0.15) is 0 Å². The van der Waals surface area contributed by atoms with E-state index in [4.69, 9.17) is 15.6 Å². The third-order valence-corrected chi connectivity index (χ3v) is 3.28. The Labute approximate surface area is 111 Å². The lowest BCUT2D eigenvalue weighted by molar-refractivity contribution is -0.137. The highest BCUT2D eigenvalue weighted by molar-refractivity contribution is 5.89. The predicted octanol–water partition coefficient (Wildman–Crippen LogP) is 2.05. The van der Waals surface area contributed by atoms with Crippen molar-refractivity contribution in [1.82, 2.24) is 4.57 Å². The van der Waals surface area contributed by atoms with Gasteiger partial charge in [0.05, 0.1) is 12.6 Å². The van der Waals surface area contributed by atoms with Gasteiger partial charge in [0.1, 0.15) is 5.75 Å². The van der Waals surface area contributed by atoms with Gasteiger partial charge in [0.15, 0.2) is 0 Å². The van der Waals surface area contributed by atoms with Crippen molar-refractivity contribution in [3.05, 3.63) is 30.0 Å². The second-order valence-corrected chi connectivity index (χ2v) is 4.59. The molecule has 2 rings (SSSR count). The average molecular weight is 262 g/mol. The number of rotatable bonds is 5. The van der Waals surface area contributed by atoms with Crippen molar-refractivity contribution in [2.45, 2.75) is 18.9 Å². The maximum atomic E-state index is 10.6. The topological polar surface area (TPSA) is 77.5 Å². The number of nitrogens with two attached hydrogens (primary N) is 1. The largest absolute Gasteiger partial charge is 0.495 e. The van der Waals surface area contributed by atoms with Gasteiger partial charge in [-0.15, -0.1) is 0 Å². The van der Waals surface area contributed by atoms with E-state index < -0.39 is 5.97 Å². The first-order valence-corrected chi connectivity index (χ1v) is 6.14. The summed E-state index contributed by atoms with van der Waals surface area (Å²) in [5.74, 6) is -0.0371. The molecule has 1 heterocycles. The van der Waals surface area contributed by atoms with Crippen molar-refractivity contribution in [3.63, 3.8) is 0 Å². The van der Waals surface area contributed by atoms with E-state index in [0.717, 1.165) is 22.2 Å². The van der Waals surface area contributed by atoms with Crippen LogP contribution in [0.25, 0.3) is 10.9 Å². The van der Waals surface area contributed by atoms with Crippen molar-refractivity contribution >= 4 is 16.9 Å². The van der Waals surface area contributed by atoms with Crippen LogP contribution < -0.4 is 10.5 Å². The lowest BCUT2D eigenvalue weighted by Gasteiger charge is -2.09. The van der Waals surface area contributed by atoms with E-state index in [9.17, 15) is 4.79 Å². The molecule has 102 valence electrons. The van der Waals surface area contributed by atoms with Crippen LogP contribution in [0.1, 0.15) is 24.4 Å². The molecule has 19 heavy (non-hydrogen) atoms. The van der Waals surface area contributed by atoms with E-state index in [1.807, 2.05) is 36.0 Å². The summed E-state index contributed by atoms with van der Waals surface area (Å²) in [4.78, 5) is 10.6. The monoisotopic (exact) mass is 262 g/mol. The SMILES string of the molecule is COc1cccc2c(C(N)CCC(=O)O)cn(C)c12. The second kappa shape index (κ2) is 5.32. The van der Waals surface area contributed by atoms with Crippen molar-refractivity contribution < 1.29 is 14.6 Å². The fourth-order valence-corrected chi connectivity index (χ4v) is 2.36. The van der Waals surface area contributed by atoms with Gasteiger partial charge < -0.3 is 20.1 Å². The molecule has 0 radical (unpaired) electrons. The lowest BCUT2D eigenvalue weighted by Crippen LogP contribution is -2.11. The number of para-hydroxylation sites is 1. The zero-order valence-corrected chi connectivity index (χ0v) is 11.1. The quantitative estimate of drug-likeness (QED) is 0.864. The van der Waals surface area contributed by atoms with Crippen molar-refractivity contribution in [2.75, 3.05) is 7.11 Å². The molecule has 5 nitrogen and oxygen atoms in total. The highest BCUT2D eigenvalue weighted by Crippen LogP contribution is 2.32. The predicted molar refractivity (Wildman–Crippen MR) is 73.3 cm³/mol. The average Bonchev–Trinajstić information content (AvgIpc) is 2.73. The second-order valence-electron chi connectivity index (χ2n) is 4.59. The number of aliphatic carboxylic acids is 1. The van der Waals surface area contributed by atoms with Gasteiger partial charge >= 0.3 is 5.97 Å². The number of fused-ring (bicyclic) bond motifs is 1. The minimum atomic E-state index is -0.826. The van der Waals surface area contributed by atoms with Crippen LogP contribution in [0.15, 0.2) is 24.4 Å². The molecule has 0 bridgehead atoms. The molecule has 2 aromatic rings. The van der Waals surface area contributed by atoms with Crippen molar-refractivity contribution in [2.24, 2.45) is 12.8 Å². The molecule has 0 amide bonds. The Hall–Kier alpha value is -2.01. The molecule has 0 saturated carbocycles. The first-order valence-electron chi connectivity index (χ1n) is 6.14. The van der Waals surface area contributed by atoms with E-state index in [1.165, 1.54) is 0 Å². The molecule has 0 aliphatic heterocycles. The van der Waals surface area contributed by atoms with E-state index in [-0.39, 0.29) is 12.5 Å². The number of aromatic nitrogens is 1. The Morgan fingerprint density at radius 1 is 1.53 bits per heavy atom. The Kier molecular flexibility index (Phi) is 3.76. The number of aryl methyl sites for hydroxylation is 1. The molecule has 3 N–H and O–H groups in total. The summed E-state index contributed by atoms with van der Waals surface area (Å²) in [6, 6.07) is 5.50. The first-order chi connectivity index (χ1) is 9.04. The Morgan fingerprint density at radius 3 is 2.89 bits per heavy atom. The molecular formula is C14H18N2O3. The van der Waals surface area contributed by atoms with E-state index >= 15 is 0 Å². The third-order valence-electron chi connectivity index (χ3n) is 3.28. The summed E-state index contributed by atoms with van der Waals surface area (Å²) >= 11 is 0. The normalized spacial score (nSPS) is 12.6. The van der Waals surface area contributed by atoms with E-state index in [0.29, 0.717) is 6.42 Å². The lowest BCUT2D eigenvalue weighted by atomic mass is 10.0. The van der Waals surface area contributed by atoms with Crippen LogP contribution in [-0.2, 0) is 11.8 Å². The number of carboxylic acid groups (broad SMARTS) is 1. The van der Waals surface area contributed by atoms with Crippen LogP contribution in [0.5, 0.6) is 5.75 Å². The molecule has 5 heteroatoms. The summed E-state index contributed by atoms with van der Waals surface area (Å²) in [5, 5.41) is 9.74. The number of hydrogen-bond donors (Lipinski definition) is 2.